The number of esters is 1. The average molecular weight is 315 g/mol. The fraction of sp³-hybridized carbons (Fsp3) is 0.500. The van der Waals surface area contributed by atoms with Crippen molar-refractivity contribution in [3.05, 3.63) is 27.7 Å². The largest absolute Gasteiger partial charge is 0.492 e. The van der Waals surface area contributed by atoms with Gasteiger partial charge >= 0.3 is 5.97 Å². The zero-order chi connectivity index (χ0) is 13.5. The molecule has 1 aromatic rings. The summed E-state index contributed by atoms with van der Waals surface area (Å²) in [7, 11) is 1.40. The summed E-state index contributed by atoms with van der Waals surface area (Å²) in [6, 6.07) is 3.89. The number of carbonyl (C=O) groups excluding carboxylic acids is 1. The Kier molecular flexibility index (Phi) is 6.19. The van der Waals surface area contributed by atoms with E-state index in [1.54, 1.807) is 0 Å². The van der Waals surface area contributed by atoms with Crippen molar-refractivity contribution in [1.29, 1.82) is 0 Å². The Morgan fingerprint density at radius 1 is 1.39 bits per heavy atom. The average Bonchev–Trinajstić information content (AvgIpc) is 2.37. The number of hydrogen-bond acceptors (Lipinski definition) is 3. The zero-order valence-electron chi connectivity index (χ0n) is 11.1. The number of rotatable bonds is 6. The standard InChI is InChI=1S/C14H19BrO3/c1-4-5-8-18-12-7-6-10(2)11(14(12)15)9-13(16)17-3/h6-7H,4-5,8-9H2,1-3H3. The van der Waals surface area contributed by atoms with Crippen molar-refractivity contribution in [3.63, 3.8) is 0 Å². The third-order valence-corrected chi connectivity index (χ3v) is 3.62. The number of unbranched alkanes of at least 4 members (excludes halogenated alkanes) is 1. The quantitative estimate of drug-likeness (QED) is 0.594. The zero-order valence-corrected chi connectivity index (χ0v) is 12.7. The van der Waals surface area contributed by atoms with Gasteiger partial charge in [-0.3, -0.25) is 4.79 Å². The van der Waals surface area contributed by atoms with Gasteiger partial charge in [-0.2, -0.15) is 0 Å². The van der Waals surface area contributed by atoms with Gasteiger partial charge in [-0.05, 0) is 46.5 Å². The molecule has 0 aromatic heterocycles. The van der Waals surface area contributed by atoms with Crippen molar-refractivity contribution < 1.29 is 14.3 Å². The molecule has 1 aromatic carbocycles. The van der Waals surface area contributed by atoms with Crippen molar-refractivity contribution in [2.24, 2.45) is 0 Å². The van der Waals surface area contributed by atoms with Crippen LogP contribution in [-0.2, 0) is 16.0 Å². The van der Waals surface area contributed by atoms with Gasteiger partial charge in [-0.1, -0.05) is 19.4 Å². The van der Waals surface area contributed by atoms with E-state index in [9.17, 15) is 4.79 Å². The summed E-state index contributed by atoms with van der Waals surface area (Å²) in [4.78, 5) is 11.4. The molecule has 0 fully saturated rings. The lowest BCUT2D eigenvalue weighted by molar-refractivity contribution is -0.139. The Balaban J connectivity index is 2.88. The maximum atomic E-state index is 11.4. The molecule has 0 unspecified atom stereocenters. The highest BCUT2D eigenvalue weighted by atomic mass is 79.9. The SMILES string of the molecule is CCCCOc1ccc(C)c(CC(=O)OC)c1Br. The minimum absolute atomic E-state index is 0.246. The van der Waals surface area contributed by atoms with Crippen molar-refractivity contribution in [2.45, 2.75) is 33.1 Å². The van der Waals surface area contributed by atoms with Crippen LogP contribution in [0.3, 0.4) is 0 Å². The highest BCUT2D eigenvalue weighted by Crippen LogP contribution is 2.31. The predicted molar refractivity (Wildman–Crippen MR) is 75.0 cm³/mol. The molecule has 18 heavy (non-hydrogen) atoms. The predicted octanol–water partition coefficient (Wildman–Crippen LogP) is 3.65. The van der Waals surface area contributed by atoms with Crippen molar-refractivity contribution >= 4 is 21.9 Å². The Morgan fingerprint density at radius 3 is 2.72 bits per heavy atom. The normalized spacial score (nSPS) is 10.2. The lowest BCUT2D eigenvalue weighted by Gasteiger charge is -2.13. The van der Waals surface area contributed by atoms with Crippen molar-refractivity contribution in [3.8, 4) is 5.75 Å². The van der Waals surface area contributed by atoms with E-state index in [0.717, 1.165) is 34.2 Å². The van der Waals surface area contributed by atoms with Gasteiger partial charge in [-0.15, -0.1) is 0 Å². The van der Waals surface area contributed by atoms with Crippen LogP contribution >= 0.6 is 15.9 Å². The van der Waals surface area contributed by atoms with Gasteiger partial charge in [0.05, 0.1) is 24.6 Å². The highest BCUT2D eigenvalue weighted by Gasteiger charge is 2.13. The first-order valence-corrected chi connectivity index (χ1v) is 6.87. The Morgan fingerprint density at radius 2 is 2.11 bits per heavy atom. The fourth-order valence-electron chi connectivity index (χ4n) is 1.57. The van der Waals surface area contributed by atoms with E-state index in [0.29, 0.717) is 6.61 Å². The van der Waals surface area contributed by atoms with Crippen LogP contribution in [0.4, 0.5) is 0 Å². The van der Waals surface area contributed by atoms with Gasteiger partial charge in [-0.25, -0.2) is 0 Å². The minimum Gasteiger partial charge on any atom is -0.492 e. The third-order valence-electron chi connectivity index (χ3n) is 2.75. The third kappa shape index (κ3) is 4.02. The summed E-state index contributed by atoms with van der Waals surface area (Å²) in [5, 5.41) is 0. The molecular weight excluding hydrogens is 296 g/mol. The minimum atomic E-state index is -0.246. The van der Waals surface area contributed by atoms with Crippen LogP contribution in [0.25, 0.3) is 0 Å². The van der Waals surface area contributed by atoms with E-state index < -0.39 is 0 Å². The van der Waals surface area contributed by atoms with Crippen LogP contribution in [-0.4, -0.2) is 19.7 Å². The van der Waals surface area contributed by atoms with E-state index in [4.69, 9.17) is 9.47 Å². The van der Waals surface area contributed by atoms with Crippen molar-refractivity contribution in [2.75, 3.05) is 13.7 Å². The molecule has 1 rings (SSSR count). The van der Waals surface area contributed by atoms with E-state index in [1.807, 2.05) is 19.1 Å². The van der Waals surface area contributed by atoms with Gasteiger partial charge < -0.3 is 9.47 Å². The summed E-state index contributed by atoms with van der Waals surface area (Å²) in [6.45, 7) is 4.78. The molecule has 0 saturated heterocycles. The Bertz CT molecular complexity index is 416. The van der Waals surface area contributed by atoms with Gasteiger partial charge in [0.2, 0.25) is 0 Å². The molecule has 0 aliphatic heterocycles. The number of aryl methyl sites for hydroxylation is 1. The van der Waals surface area contributed by atoms with Gasteiger partial charge in [0.15, 0.2) is 0 Å². The lowest BCUT2D eigenvalue weighted by atomic mass is 10.1. The van der Waals surface area contributed by atoms with E-state index in [-0.39, 0.29) is 12.4 Å². The van der Waals surface area contributed by atoms with Crippen LogP contribution < -0.4 is 4.74 Å². The molecule has 0 aliphatic rings. The molecule has 100 valence electrons. The monoisotopic (exact) mass is 314 g/mol. The van der Waals surface area contributed by atoms with Crippen LogP contribution in [0.5, 0.6) is 5.75 Å². The molecule has 0 atom stereocenters. The van der Waals surface area contributed by atoms with Crippen molar-refractivity contribution in [1.82, 2.24) is 0 Å². The molecule has 0 radical (unpaired) electrons. The second kappa shape index (κ2) is 7.41. The summed E-state index contributed by atoms with van der Waals surface area (Å²) < 4.78 is 11.2. The van der Waals surface area contributed by atoms with Gasteiger partial charge in [0.25, 0.3) is 0 Å². The maximum Gasteiger partial charge on any atom is 0.310 e. The fourth-order valence-corrected chi connectivity index (χ4v) is 2.27. The molecule has 0 bridgehead atoms. The van der Waals surface area contributed by atoms with E-state index >= 15 is 0 Å². The molecule has 0 aliphatic carbocycles. The smallest absolute Gasteiger partial charge is 0.310 e. The highest BCUT2D eigenvalue weighted by molar-refractivity contribution is 9.10. The second-order valence-electron chi connectivity index (χ2n) is 4.13. The van der Waals surface area contributed by atoms with Crippen LogP contribution in [0.2, 0.25) is 0 Å². The molecule has 0 saturated carbocycles. The Hall–Kier alpha value is -1.03. The number of benzene rings is 1. The number of carbonyl (C=O) groups is 1. The number of methoxy groups -OCH3 is 1. The van der Waals surface area contributed by atoms with E-state index in [1.165, 1.54) is 7.11 Å². The summed E-state index contributed by atoms with van der Waals surface area (Å²) in [5.41, 5.74) is 1.98. The van der Waals surface area contributed by atoms with Crippen LogP contribution in [0.15, 0.2) is 16.6 Å². The van der Waals surface area contributed by atoms with Gasteiger partial charge in [0.1, 0.15) is 5.75 Å². The molecule has 0 N–H and O–H groups in total. The lowest BCUT2D eigenvalue weighted by Crippen LogP contribution is -2.07. The number of halogens is 1. The Labute approximate surface area is 117 Å². The molecule has 0 amide bonds. The van der Waals surface area contributed by atoms with E-state index in [2.05, 4.69) is 22.9 Å². The summed E-state index contributed by atoms with van der Waals surface area (Å²) in [5.74, 6) is 0.539. The van der Waals surface area contributed by atoms with Crippen LogP contribution in [0, 0.1) is 6.92 Å². The second-order valence-corrected chi connectivity index (χ2v) is 4.92. The first kappa shape index (κ1) is 15.0. The van der Waals surface area contributed by atoms with Gasteiger partial charge in [0, 0.05) is 0 Å². The summed E-state index contributed by atoms with van der Waals surface area (Å²) >= 11 is 3.51. The van der Waals surface area contributed by atoms with Crippen LogP contribution in [0.1, 0.15) is 30.9 Å². The topological polar surface area (TPSA) is 35.5 Å². The number of ether oxygens (including phenoxy) is 2. The summed E-state index contributed by atoms with van der Waals surface area (Å²) in [6.07, 6.45) is 2.37. The first-order valence-electron chi connectivity index (χ1n) is 6.07. The molecule has 4 heteroatoms. The maximum absolute atomic E-state index is 11.4. The molecule has 0 heterocycles. The molecule has 3 nitrogen and oxygen atoms in total. The molecule has 0 spiro atoms. The number of hydrogen-bond donors (Lipinski definition) is 0. The first-order chi connectivity index (χ1) is 8.60. The molecular formula is C14H19BrO3.